The van der Waals surface area contributed by atoms with Crippen LogP contribution in [-0.2, 0) is 9.59 Å². The van der Waals surface area contributed by atoms with Crippen molar-refractivity contribution in [2.24, 2.45) is 5.92 Å². The number of amides is 1. The third-order valence-electron chi connectivity index (χ3n) is 2.57. The number of nitrogens with one attached hydrogen (secondary N) is 1. The quantitative estimate of drug-likeness (QED) is 0.803. The lowest BCUT2D eigenvalue weighted by atomic mass is 9.96. The zero-order chi connectivity index (χ0) is 14.4. The summed E-state index contributed by atoms with van der Waals surface area (Å²) in [6.45, 7) is 3.82. The van der Waals surface area contributed by atoms with Crippen LogP contribution in [0.1, 0.15) is 25.5 Å². The predicted octanol–water partition coefficient (Wildman–Crippen LogP) is 2.28. The second kappa shape index (κ2) is 6.68. The minimum Gasteiger partial charge on any atom is -0.478 e. The molecule has 0 fully saturated rings. The summed E-state index contributed by atoms with van der Waals surface area (Å²) >= 11 is 0. The fraction of sp³-hybridized carbons (Fsp3) is 0.286. The highest BCUT2D eigenvalue weighted by atomic mass is 19.1. The van der Waals surface area contributed by atoms with Gasteiger partial charge in [-0.2, -0.15) is 0 Å². The maximum absolute atomic E-state index is 12.9. The summed E-state index contributed by atoms with van der Waals surface area (Å²) < 4.78 is 12.9. The number of halogens is 1. The van der Waals surface area contributed by atoms with E-state index < -0.39 is 11.9 Å². The monoisotopic (exact) mass is 265 g/mol. The SMILES string of the molecule is CC(C)C(NC(=O)/C=C/C(=O)O)c1ccc(F)cc1. The van der Waals surface area contributed by atoms with Crippen molar-refractivity contribution in [3.05, 3.63) is 47.8 Å². The van der Waals surface area contributed by atoms with Gasteiger partial charge < -0.3 is 10.4 Å². The summed E-state index contributed by atoms with van der Waals surface area (Å²) in [6, 6.07) is 5.54. The lowest BCUT2D eigenvalue weighted by Gasteiger charge is -2.22. The minimum absolute atomic E-state index is 0.0904. The molecule has 0 saturated heterocycles. The van der Waals surface area contributed by atoms with Crippen molar-refractivity contribution >= 4 is 11.9 Å². The van der Waals surface area contributed by atoms with E-state index in [9.17, 15) is 14.0 Å². The van der Waals surface area contributed by atoms with Gasteiger partial charge >= 0.3 is 5.97 Å². The molecule has 19 heavy (non-hydrogen) atoms. The van der Waals surface area contributed by atoms with Crippen molar-refractivity contribution in [1.82, 2.24) is 5.32 Å². The van der Waals surface area contributed by atoms with Crippen molar-refractivity contribution in [2.45, 2.75) is 19.9 Å². The normalized spacial score (nSPS) is 12.6. The molecule has 1 atom stereocenters. The molecule has 2 N–H and O–H groups in total. The van der Waals surface area contributed by atoms with E-state index in [0.717, 1.165) is 17.7 Å². The molecule has 0 aliphatic rings. The van der Waals surface area contributed by atoms with Gasteiger partial charge in [0, 0.05) is 12.2 Å². The Hall–Kier alpha value is -2.17. The van der Waals surface area contributed by atoms with Crippen LogP contribution in [0.4, 0.5) is 4.39 Å². The number of aliphatic carboxylic acids is 1. The van der Waals surface area contributed by atoms with Crippen LogP contribution in [0.3, 0.4) is 0 Å². The van der Waals surface area contributed by atoms with E-state index in [-0.39, 0.29) is 17.8 Å². The fourth-order valence-electron chi connectivity index (χ4n) is 1.65. The Balaban J connectivity index is 2.82. The Morgan fingerprint density at radius 1 is 1.21 bits per heavy atom. The summed E-state index contributed by atoms with van der Waals surface area (Å²) in [7, 11) is 0. The molecule has 1 amide bonds. The molecule has 1 aromatic rings. The van der Waals surface area contributed by atoms with Gasteiger partial charge in [-0.1, -0.05) is 26.0 Å². The lowest BCUT2D eigenvalue weighted by Crippen LogP contribution is -2.30. The van der Waals surface area contributed by atoms with Crippen LogP contribution in [-0.4, -0.2) is 17.0 Å². The second-order valence-corrected chi connectivity index (χ2v) is 4.45. The zero-order valence-electron chi connectivity index (χ0n) is 10.8. The van der Waals surface area contributed by atoms with Crippen molar-refractivity contribution in [2.75, 3.05) is 0 Å². The van der Waals surface area contributed by atoms with E-state index in [4.69, 9.17) is 5.11 Å². The van der Waals surface area contributed by atoms with Crippen LogP contribution in [0, 0.1) is 11.7 Å². The molecule has 0 heterocycles. The van der Waals surface area contributed by atoms with E-state index in [2.05, 4.69) is 5.32 Å². The number of rotatable bonds is 5. The van der Waals surface area contributed by atoms with Gasteiger partial charge in [0.15, 0.2) is 0 Å². The molecular formula is C14H16FNO3. The van der Waals surface area contributed by atoms with Gasteiger partial charge in [0.05, 0.1) is 6.04 Å². The maximum atomic E-state index is 12.9. The summed E-state index contributed by atoms with van der Waals surface area (Å²) in [6.07, 6.45) is 1.73. The van der Waals surface area contributed by atoms with Crippen LogP contribution in [0.5, 0.6) is 0 Å². The average Bonchev–Trinajstić information content (AvgIpc) is 2.34. The number of carboxylic acid groups (broad SMARTS) is 1. The summed E-state index contributed by atoms with van der Waals surface area (Å²) in [4.78, 5) is 21.9. The van der Waals surface area contributed by atoms with Crippen molar-refractivity contribution in [3.8, 4) is 0 Å². The second-order valence-electron chi connectivity index (χ2n) is 4.45. The third kappa shape index (κ3) is 4.91. The lowest BCUT2D eigenvalue weighted by molar-refractivity contribution is -0.131. The molecule has 102 valence electrons. The smallest absolute Gasteiger partial charge is 0.328 e. The van der Waals surface area contributed by atoms with Gasteiger partial charge in [0.1, 0.15) is 5.82 Å². The topological polar surface area (TPSA) is 66.4 Å². The number of hydrogen-bond donors (Lipinski definition) is 2. The molecule has 0 aliphatic carbocycles. The van der Waals surface area contributed by atoms with Crippen molar-refractivity contribution in [3.63, 3.8) is 0 Å². The third-order valence-corrected chi connectivity index (χ3v) is 2.57. The number of carbonyl (C=O) groups excluding carboxylic acids is 1. The van der Waals surface area contributed by atoms with Crippen LogP contribution in [0.25, 0.3) is 0 Å². The maximum Gasteiger partial charge on any atom is 0.328 e. The largest absolute Gasteiger partial charge is 0.478 e. The van der Waals surface area contributed by atoms with Crippen LogP contribution >= 0.6 is 0 Å². The molecule has 5 heteroatoms. The van der Waals surface area contributed by atoms with Gasteiger partial charge in [-0.3, -0.25) is 4.79 Å². The number of hydrogen-bond acceptors (Lipinski definition) is 2. The van der Waals surface area contributed by atoms with E-state index in [0.29, 0.717) is 0 Å². The first-order valence-electron chi connectivity index (χ1n) is 5.87. The summed E-state index contributed by atoms with van der Waals surface area (Å²) in [5.41, 5.74) is 0.772. The standard InChI is InChI=1S/C14H16FNO3/c1-9(2)14(10-3-5-11(15)6-4-10)16-12(17)7-8-13(18)19/h3-9,14H,1-2H3,(H,16,17)(H,18,19)/b8-7+. The molecule has 4 nitrogen and oxygen atoms in total. The zero-order valence-corrected chi connectivity index (χ0v) is 10.8. The molecule has 0 saturated carbocycles. The summed E-state index contributed by atoms with van der Waals surface area (Å²) in [5.74, 6) is -1.93. The Morgan fingerprint density at radius 3 is 2.26 bits per heavy atom. The van der Waals surface area contributed by atoms with E-state index >= 15 is 0 Å². The molecule has 0 aromatic heterocycles. The first-order chi connectivity index (χ1) is 8.90. The molecule has 1 unspecified atom stereocenters. The number of benzene rings is 1. The molecule has 0 aliphatic heterocycles. The van der Waals surface area contributed by atoms with E-state index in [1.54, 1.807) is 12.1 Å². The van der Waals surface area contributed by atoms with E-state index in [1.807, 2.05) is 13.8 Å². The van der Waals surface area contributed by atoms with Crippen molar-refractivity contribution in [1.29, 1.82) is 0 Å². The van der Waals surface area contributed by atoms with Gasteiger partial charge in [-0.05, 0) is 23.6 Å². The minimum atomic E-state index is -1.18. The number of carbonyl (C=O) groups is 2. The molecule has 1 aromatic carbocycles. The molecular weight excluding hydrogens is 249 g/mol. The molecule has 0 spiro atoms. The highest BCUT2D eigenvalue weighted by Gasteiger charge is 2.17. The molecule has 1 rings (SSSR count). The Labute approximate surface area is 110 Å². The summed E-state index contributed by atoms with van der Waals surface area (Å²) in [5, 5.41) is 11.1. The first kappa shape index (κ1) is 14.9. The molecule has 0 bridgehead atoms. The average molecular weight is 265 g/mol. The van der Waals surface area contributed by atoms with Crippen LogP contribution in [0.15, 0.2) is 36.4 Å². The fourth-order valence-corrected chi connectivity index (χ4v) is 1.65. The Kier molecular flexibility index (Phi) is 5.23. The predicted molar refractivity (Wildman–Crippen MR) is 68.9 cm³/mol. The van der Waals surface area contributed by atoms with E-state index in [1.165, 1.54) is 12.1 Å². The number of carboxylic acids is 1. The Morgan fingerprint density at radius 2 is 1.79 bits per heavy atom. The van der Waals surface area contributed by atoms with Crippen LogP contribution in [0.2, 0.25) is 0 Å². The highest BCUT2D eigenvalue weighted by molar-refractivity contribution is 5.94. The molecule has 0 radical (unpaired) electrons. The van der Waals surface area contributed by atoms with Gasteiger partial charge in [0.2, 0.25) is 5.91 Å². The van der Waals surface area contributed by atoms with Gasteiger partial charge in [-0.25, -0.2) is 9.18 Å². The van der Waals surface area contributed by atoms with Gasteiger partial charge in [0.25, 0.3) is 0 Å². The van der Waals surface area contributed by atoms with Gasteiger partial charge in [-0.15, -0.1) is 0 Å². The Bertz CT molecular complexity index is 480. The van der Waals surface area contributed by atoms with Crippen LogP contribution < -0.4 is 5.32 Å². The van der Waals surface area contributed by atoms with Crippen molar-refractivity contribution < 1.29 is 19.1 Å². The first-order valence-corrected chi connectivity index (χ1v) is 5.87. The highest BCUT2D eigenvalue weighted by Crippen LogP contribution is 2.21.